The third kappa shape index (κ3) is 4.42. The van der Waals surface area contributed by atoms with Crippen LogP contribution in [-0.2, 0) is 14.3 Å². The summed E-state index contributed by atoms with van der Waals surface area (Å²) in [5.74, 6) is 0.0854. The molecule has 0 heterocycles. The van der Waals surface area contributed by atoms with Gasteiger partial charge in [-0.05, 0) is 69.3 Å². The van der Waals surface area contributed by atoms with E-state index in [1.54, 1.807) is 6.08 Å². The van der Waals surface area contributed by atoms with Gasteiger partial charge in [0.15, 0.2) is 0 Å². The number of hydrogen-bond donors (Lipinski definition) is 0. The van der Waals surface area contributed by atoms with Crippen LogP contribution in [-0.4, -0.2) is 18.4 Å². The quantitative estimate of drug-likeness (QED) is 0.433. The highest BCUT2D eigenvalue weighted by atomic mass is 16.5. The molecule has 0 aromatic heterocycles. The molecule has 0 aromatic rings. The van der Waals surface area contributed by atoms with Gasteiger partial charge in [0.05, 0.1) is 5.92 Å². The zero-order chi connectivity index (χ0) is 15.1. The van der Waals surface area contributed by atoms with Crippen molar-refractivity contribution in [2.75, 3.05) is 0 Å². The Morgan fingerprint density at radius 1 is 1.14 bits per heavy atom. The van der Waals surface area contributed by atoms with Crippen molar-refractivity contribution in [3.63, 3.8) is 0 Å². The lowest BCUT2D eigenvalue weighted by molar-refractivity contribution is -0.157. The van der Waals surface area contributed by atoms with Gasteiger partial charge in [-0.25, -0.2) is 0 Å². The van der Waals surface area contributed by atoms with E-state index in [1.165, 1.54) is 19.3 Å². The van der Waals surface area contributed by atoms with Crippen LogP contribution in [0.5, 0.6) is 0 Å². The number of allylic oxidation sites excluding steroid dienone is 2. The first kappa shape index (κ1) is 16.3. The smallest absolute Gasteiger partial charge is 0.309 e. The molecule has 0 atom stereocenters. The number of ether oxygens (including phenoxy) is 1. The van der Waals surface area contributed by atoms with Gasteiger partial charge >= 0.3 is 5.97 Å². The van der Waals surface area contributed by atoms with Crippen molar-refractivity contribution in [3.05, 3.63) is 12.2 Å². The number of carbonyl (C=O) groups excluding carboxylic acids is 2. The lowest BCUT2D eigenvalue weighted by atomic mass is 9.69. The second kappa shape index (κ2) is 7.77. The van der Waals surface area contributed by atoms with E-state index in [-0.39, 0.29) is 23.4 Å². The second-order valence-corrected chi connectivity index (χ2v) is 6.68. The summed E-state index contributed by atoms with van der Waals surface area (Å²) in [5.41, 5.74) is 0.114. The van der Waals surface area contributed by atoms with Gasteiger partial charge in [0.1, 0.15) is 12.4 Å². The highest BCUT2D eigenvalue weighted by molar-refractivity contribution is 5.72. The molecule has 0 aliphatic heterocycles. The SMILES string of the molecule is CCC1(C=CC=O)CCC(C(=O)OC2CCCCC2)CC1. The van der Waals surface area contributed by atoms with Gasteiger partial charge < -0.3 is 4.74 Å². The number of aldehydes is 1. The van der Waals surface area contributed by atoms with Crippen LogP contribution >= 0.6 is 0 Å². The van der Waals surface area contributed by atoms with Crippen molar-refractivity contribution in [3.8, 4) is 0 Å². The maximum Gasteiger partial charge on any atom is 0.309 e. The summed E-state index contributed by atoms with van der Waals surface area (Å²) in [6.45, 7) is 2.16. The minimum Gasteiger partial charge on any atom is -0.462 e. The average molecular weight is 292 g/mol. The predicted molar refractivity (Wildman–Crippen MR) is 82.9 cm³/mol. The molecule has 21 heavy (non-hydrogen) atoms. The predicted octanol–water partition coefficient (Wildman–Crippen LogP) is 4.20. The fraction of sp³-hybridized carbons (Fsp3) is 0.778. The van der Waals surface area contributed by atoms with Crippen LogP contribution in [0.4, 0.5) is 0 Å². The lowest BCUT2D eigenvalue weighted by Crippen LogP contribution is -2.32. The fourth-order valence-electron chi connectivity index (χ4n) is 3.75. The first-order valence-corrected chi connectivity index (χ1v) is 8.52. The molecule has 2 saturated carbocycles. The molecule has 0 bridgehead atoms. The summed E-state index contributed by atoms with van der Waals surface area (Å²) in [7, 11) is 0. The third-order valence-corrected chi connectivity index (χ3v) is 5.38. The number of rotatable bonds is 5. The maximum atomic E-state index is 12.3. The Kier molecular flexibility index (Phi) is 6.01. The Balaban J connectivity index is 1.83. The molecule has 0 spiro atoms. The van der Waals surface area contributed by atoms with E-state index in [4.69, 9.17) is 4.74 Å². The summed E-state index contributed by atoms with van der Waals surface area (Å²) in [6.07, 6.45) is 15.2. The summed E-state index contributed by atoms with van der Waals surface area (Å²) in [6, 6.07) is 0. The van der Waals surface area contributed by atoms with Crippen molar-refractivity contribution in [1.29, 1.82) is 0 Å². The largest absolute Gasteiger partial charge is 0.462 e. The Hall–Kier alpha value is -1.12. The van der Waals surface area contributed by atoms with Gasteiger partial charge in [-0.3, -0.25) is 9.59 Å². The number of carbonyl (C=O) groups is 2. The molecule has 3 heteroatoms. The molecule has 2 aliphatic carbocycles. The van der Waals surface area contributed by atoms with Gasteiger partial charge in [0.25, 0.3) is 0 Å². The Morgan fingerprint density at radius 3 is 2.38 bits per heavy atom. The first-order chi connectivity index (χ1) is 10.2. The molecule has 0 saturated heterocycles. The summed E-state index contributed by atoms with van der Waals surface area (Å²) in [5, 5.41) is 0. The molecule has 0 amide bonds. The molecule has 0 aromatic carbocycles. The lowest BCUT2D eigenvalue weighted by Gasteiger charge is -2.37. The van der Waals surface area contributed by atoms with Crippen molar-refractivity contribution >= 4 is 12.3 Å². The molecule has 2 aliphatic rings. The molecule has 3 nitrogen and oxygen atoms in total. The van der Waals surface area contributed by atoms with E-state index in [1.807, 2.05) is 6.08 Å². The van der Waals surface area contributed by atoms with Gasteiger partial charge in [0.2, 0.25) is 0 Å². The highest BCUT2D eigenvalue weighted by Crippen LogP contribution is 2.43. The number of hydrogen-bond acceptors (Lipinski definition) is 3. The van der Waals surface area contributed by atoms with E-state index in [9.17, 15) is 9.59 Å². The van der Waals surface area contributed by atoms with E-state index in [0.29, 0.717) is 0 Å². The molecule has 0 N–H and O–H groups in total. The molecular weight excluding hydrogens is 264 g/mol. The Labute approximate surface area is 128 Å². The summed E-state index contributed by atoms with van der Waals surface area (Å²) < 4.78 is 5.70. The maximum absolute atomic E-state index is 12.3. The van der Waals surface area contributed by atoms with Crippen molar-refractivity contribution < 1.29 is 14.3 Å². The Bertz CT molecular complexity index is 372. The van der Waals surface area contributed by atoms with Crippen LogP contribution in [0.25, 0.3) is 0 Å². The summed E-state index contributed by atoms with van der Waals surface area (Å²) >= 11 is 0. The summed E-state index contributed by atoms with van der Waals surface area (Å²) in [4.78, 5) is 22.8. The van der Waals surface area contributed by atoms with Crippen LogP contribution in [0, 0.1) is 11.3 Å². The van der Waals surface area contributed by atoms with E-state index < -0.39 is 0 Å². The topological polar surface area (TPSA) is 43.4 Å². The zero-order valence-electron chi connectivity index (χ0n) is 13.2. The van der Waals surface area contributed by atoms with E-state index in [2.05, 4.69) is 6.92 Å². The zero-order valence-corrected chi connectivity index (χ0v) is 13.2. The van der Waals surface area contributed by atoms with Crippen molar-refractivity contribution in [1.82, 2.24) is 0 Å². The highest BCUT2D eigenvalue weighted by Gasteiger charge is 2.35. The van der Waals surface area contributed by atoms with E-state index >= 15 is 0 Å². The van der Waals surface area contributed by atoms with Crippen LogP contribution < -0.4 is 0 Å². The minimum atomic E-state index is 0.0194. The number of esters is 1. The van der Waals surface area contributed by atoms with Crippen LogP contribution in [0.1, 0.15) is 71.1 Å². The minimum absolute atomic E-state index is 0.0194. The monoisotopic (exact) mass is 292 g/mol. The van der Waals surface area contributed by atoms with Crippen LogP contribution in [0.3, 0.4) is 0 Å². The van der Waals surface area contributed by atoms with Crippen molar-refractivity contribution in [2.24, 2.45) is 11.3 Å². The van der Waals surface area contributed by atoms with Gasteiger partial charge in [-0.1, -0.05) is 19.4 Å². The molecule has 0 unspecified atom stereocenters. The second-order valence-electron chi connectivity index (χ2n) is 6.68. The van der Waals surface area contributed by atoms with Crippen molar-refractivity contribution in [2.45, 2.75) is 77.2 Å². The van der Waals surface area contributed by atoms with Crippen LogP contribution in [0.2, 0.25) is 0 Å². The van der Waals surface area contributed by atoms with Gasteiger partial charge in [-0.15, -0.1) is 0 Å². The van der Waals surface area contributed by atoms with Gasteiger partial charge in [0, 0.05) is 0 Å². The first-order valence-electron chi connectivity index (χ1n) is 8.52. The molecule has 2 rings (SSSR count). The standard InChI is InChI=1S/C18H28O3/c1-2-18(11-6-14-19)12-9-15(10-13-18)17(20)21-16-7-4-3-5-8-16/h6,11,14-16H,2-5,7-10,12-13H2,1H3. The van der Waals surface area contributed by atoms with Crippen LogP contribution in [0.15, 0.2) is 12.2 Å². The molecule has 0 radical (unpaired) electrons. The third-order valence-electron chi connectivity index (χ3n) is 5.38. The normalized spacial score (nSPS) is 31.2. The van der Waals surface area contributed by atoms with Gasteiger partial charge in [-0.2, -0.15) is 0 Å². The molecule has 2 fully saturated rings. The average Bonchev–Trinajstić information content (AvgIpc) is 2.54. The van der Waals surface area contributed by atoms with E-state index in [0.717, 1.165) is 51.2 Å². The molecule has 118 valence electrons. The fourth-order valence-corrected chi connectivity index (χ4v) is 3.75. The Morgan fingerprint density at radius 2 is 1.81 bits per heavy atom. The molecular formula is C18H28O3.